The first-order valence-electron chi connectivity index (χ1n) is 3.13. The molecule has 1 aromatic heterocycles. The van der Waals surface area contributed by atoms with Crippen molar-refractivity contribution in [2.45, 2.75) is 13.0 Å². The molecule has 1 rings (SSSR count). The van der Waals surface area contributed by atoms with E-state index in [0.29, 0.717) is 5.56 Å². The van der Waals surface area contributed by atoms with Crippen LogP contribution in [0.25, 0.3) is 0 Å². The summed E-state index contributed by atoms with van der Waals surface area (Å²) in [6, 6.07) is 0. The minimum Gasteiger partial charge on any atom is -0.506 e. The van der Waals surface area contributed by atoms with Gasteiger partial charge in [-0.05, 0) is 6.92 Å². The maximum atomic E-state index is 9.15. The van der Waals surface area contributed by atoms with E-state index in [4.69, 9.17) is 21.8 Å². The van der Waals surface area contributed by atoms with Gasteiger partial charge in [-0.15, -0.1) is 0 Å². The zero-order chi connectivity index (χ0) is 8.43. The van der Waals surface area contributed by atoms with Gasteiger partial charge in [-0.1, -0.05) is 11.6 Å². The largest absolute Gasteiger partial charge is 0.506 e. The highest BCUT2D eigenvalue weighted by Crippen LogP contribution is 2.29. The van der Waals surface area contributed by atoms with E-state index in [9.17, 15) is 0 Å². The van der Waals surface area contributed by atoms with Crippen LogP contribution in [-0.2, 0) is 0 Å². The molecule has 0 aliphatic heterocycles. The predicted octanol–water partition coefficient (Wildman–Crippen LogP) is 1.49. The van der Waals surface area contributed by atoms with Gasteiger partial charge in [-0.3, -0.25) is 4.98 Å². The molecule has 2 N–H and O–H groups in total. The zero-order valence-corrected chi connectivity index (χ0v) is 6.71. The summed E-state index contributed by atoms with van der Waals surface area (Å²) < 4.78 is 0. The van der Waals surface area contributed by atoms with Gasteiger partial charge in [0.25, 0.3) is 0 Å². The maximum Gasteiger partial charge on any atom is 0.141 e. The fourth-order valence-electron chi connectivity index (χ4n) is 0.848. The Morgan fingerprint density at radius 3 is 2.55 bits per heavy atom. The summed E-state index contributed by atoms with van der Waals surface area (Å²) in [6.07, 6.45) is 1.85. The lowest BCUT2D eigenvalue weighted by atomic mass is 10.1. The van der Waals surface area contributed by atoms with Crippen molar-refractivity contribution in [2.75, 3.05) is 0 Å². The summed E-state index contributed by atoms with van der Waals surface area (Å²) in [5, 5.41) is 18.5. The highest BCUT2D eigenvalue weighted by molar-refractivity contribution is 6.31. The van der Waals surface area contributed by atoms with E-state index in [-0.39, 0.29) is 10.8 Å². The summed E-state index contributed by atoms with van der Waals surface area (Å²) in [7, 11) is 0. The molecule has 0 radical (unpaired) electrons. The van der Waals surface area contributed by atoms with Gasteiger partial charge in [0.2, 0.25) is 0 Å². The molecule has 0 aromatic carbocycles. The lowest BCUT2D eigenvalue weighted by Gasteiger charge is -2.07. The van der Waals surface area contributed by atoms with E-state index in [1.54, 1.807) is 0 Å². The second-order valence-electron chi connectivity index (χ2n) is 2.23. The Balaban J connectivity index is 3.21. The lowest BCUT2D eigenvalue weighted by molar-refractivity contribution is 0.195. The number of aliphatic hydroxyl groups is 1. The molecule has 0 amide bonds. The minimum atomic E-state index is -0.773. The highest BCUT2D eigenvalue weighted by atomic mass is 35.5. The molecule has 1 aromatic rings. The first kappa shape index (κ1) is 8.30. The second kappa shape index (κ2) is 3.07. The van der Waals surface area contributed by atoms with Crippen LogP contribution in [0.5, 0.6) is 5.75 Å². The topological polar surface area (TPSA) is 53.4 Å². The van der Waals surface area contributed by atoms with Crippen LogP contribution in [0.15, 0.2) is 12.4 Å². The van der Waals surface area contributed by atoms with E-state index in [2.05, 4.69) is 4.98 Å². The quantitative estimate of drug-likeness (QED) is 0.677. The molecule has 4 heteroatoms. The third kappa shape index (κ3) is 1.61. The first-order valence-corrected chi connectivity index (χ1v) is 3.51. The summed E-state index contributed by atoms with van der Waals surface area (Å²) in [6.45, 7) is 1.53. The highest BCUT2D eigenvalue weighted by Gasteiger charge is 2.11. The molecule has 3 nitrogen and oxygen atoms in total. The third-order valence-electron chi connectivity index (χ3n) is 1.34. The van der Waals surface area contributed by atoms with Crippen LogP contribution in [0, 0.1) is 0 Å². The molecule has 0 saturated carbocycles. The van der Waals surface area contributed by atoms with Crippen LogP contribution in [0.1, 0.15) is 18.6 Å². The molecule has 0 fully saturated rings. The predicted molar refractivity (Wildman–Crippen MR) is 41.5 cm³/mol. The van der Waals surface area contributed by atoms with E-state index < -0.39 is 6.10 Å². The SMILES string of the molecule is CC(O)c1c(O)cncc1Cl. The van der Waals surface area contributed by atoms with Crippen LogP contribution >= 0.6 is 11.6 Å². The number of nitrogens with zero attached hydrogens (tertiary/aromatic N) is 1. The number of aromatic hydroxyl groups is 1. The average molecular weight is 174 g/mol. The number of aromatic nitrogens is 1. The standard InChI is InChI=1S/C7H8ClNO2/c1-4(10)7-5(8)2-9-3-6(7)11/h2-4,10-11H,1H3. The van der Waals surface area contributed by atoms with Crippen LogP contribution in [0.2, 0.25) is 5.02 Å². The number of pyridine rings is 1. The Morgan fingerprint density at radius 1 is 1.55 bits per heavy atom. The van der Waals surface area contributed by atoms with Gasteiger partial charge < -0.3 is 10.2 Å². The van der Waals surface area contributed by atoms with Crippen molar-refractivity contribution in [1.29, 1.82) is 0 Å². The molecule has 11 heavy (non-hydrogen) atoms. The first-order chi connectivity index (χ1) is 5.13. The van der Waals surface area contributed by atoms with E-state index in [1.165, 1.54) is 19.3 Å². The molecule has 0 spiro atoms. The van der Waals surface area contributed by atoms with E-state index >= 15 is 0 Å². The van der Waals surface area contributed by atoms with Crippen LogP contribution < -0.4 is 0 Å². The van der Waals surface area contributed by atoms with Crippen molar-refractivity contribution in [1.82, 2.24) is 4.98 Å². The van der Waals surface area contributed by atoms with Gasteiger partial charge >= 0.3 is 0 Å². The van der Waals surface area contributed by atoms with Crippen molar-refractivity contribution in [3.63, 3.8) is 0 Å². The van der Waals surface area contributed by atoms with Crippen LogP contribution in [0.3, 0.4) is 0 Å². The number of halogens is 1. The molecule has 0 bridgehead atoms. The molecule has 0 saturated heterocycles. The van der Waals surface area contributed by atoms with Gasteiger partial charge in [0.15, 0.2) is 0 Å². The van der Waals surface area contributed by atoms with Gasteiger partial charge in [-0.2, -0.15) is 0 Å². The average Bonchev–Trinajstić information content (AvgIpc) is 1.85. The number of rotatable bonds is 1. The lowest BCUT2D eigenvalue weighted by Crippen LogP contribution is -1.93. The summed E-state index contributed by atoms with van der Waals surface area (Å²) >= 11 is 5.64. The molecule has 1 heterocycles. The molecule has 1 unspecified atom stereocenters. The van der Waals surface area contributed by atoms with Crippen LogP contribution in [0.4, 0.5) is 0 Å². The minimum absolute atomic E-state index is 0.0764. The smallest absolute Gasteiger partial charge is 0.141 e. The fourth-order valence-corrected chi connectivity index (χ4v) is 1.16. The summed E-state index contributed by atoms with van der Waals surface area (Å²) in [4.78, 5) is 3.63. The number of aliphatic hydroxyl groups excluding tert-OH is 1. The van der Waals surface area contributed by atoms with Crippen molar-refractivity contribution >= 4 is 11.6 Å². The Morgan fingerprint density at radius 2 is 2.18 bits per heavy atom. The van der Waals surface area contributed by atoms with Gasteiger partial charge in [0.05, 0.1) is 17.3 Å². The molecule has 1 atom stereocenters. The van der Waals surface area contributed by atoms with Gasteiger partial charge in [0.1, 0.15) is 5.75 Å². The fraction of sp³-hybridized carbons (Fsp3) is 0.286. The van der Waals surface area contributed by atoms with Gasteiger partial charge in [-0.25, -0.2) is 0 Å². The van der Waals surface area contributed by atoms with E-state index in [0.717, 1.165) is 0 Å². The number of hydrogen-bond acceptors (Lipinski definition) is 3. The van der Waals surface area contributed by atoms with Crippen LogP contribution in [-0.4, -0.2) is 15.2 Å². The molecular weight excluding hydrogens is 166 g/mol. The normalized spacial score (nSPS) is 13.0. The monoisotopic (exact) mass is 173 g/mol. The molecule has 0 aliphatic rings. The van der Waals surface area contributed by atoms with Gasteiger partial charge in [0, 0.05) is 11.8 Å². The Hall–Kier alpha value is -0.800. The Labute approximate surface area is 69.3 Å². The van der Waals surface area contributed by atoms with Crippen molar-refractivity contribution in [3.8, 4) is 5.75 Å². The van der Waals surface area contributed by atoms with Crippen molar-refractivity contribution in [2.24, 2.45) is 0 Å². The third-order valence-corrected chi connectivity index (χ3v) is 1.64. The number of hydrogen-bond donors (Lipinski definition) is 2. The van der Waals surface area contributed by atoms with Crippen molar-refractivity contribution in [3.05, 3.63) is 23.0 Å². The van der Waals surface area contributed by atoms with Crippen molar-refractivity contribution < 1.29 is 10.2 Å². The second-order valence-corrected chi connectivity index (χ2v) is 2.64. The molecule has 60 valence electrons. The summed E-state index contributed by atoms with van der Waals surface area (Å²) in [5.41, 5.74) is 0.321. The molecular formula is C7H8ClNO2. The Bertz CT molecular complexity index is 242. The maximum absolute atomic E-state index is 9.15. The summed E-state index contributed by atoms with van der Waals surface area (Å²) in [5.74, 6) is -0.0764. The van der Waals surface area contributed by atoms with E-state index in [1.807, 2.05) is 0 Å². The Kier molecular flexibility index (Phi) is 2.31. The zero-order valence-electron chi connectivity index (χ0n) is 5.95. The molecule has 0 aliphatic carbocycles.